The number of aryl methyl sites for hydroxylation is 1. The summed E-state index contributed by atoms with van der Waals surface area (Å²) in [5, 5.41) is 3.92. The highest BCUT2D eigenvalue weighted by Crippen LogP contribution is 2.28. The summed E-state index contributed by atoms with van der Waals surface area (Å²) in [5.41, 5.74) is 2.08. The highest BCUT2D eigenvalue weighted by atomic mass is 16.5. The van der Waals surface area contributed by atoms with Crippen LogP contribution >= 0.6 is 0 Å². The van der Waals surface area contributed by atoms with E-state index in [9.17, 15) is 0 Å². The molecular formula is C16H22N2O3. The van der Waals surface area contributed by atoms with Gasteiger partial charge in [0.15, 0.2) is 17.3 Å². The van der Waals surface area contributed by atoms with Crippen molar-refractivity contribution in [1.82, 2.24) is 10.1 Å². The summed E-state index contributed by atoms with van der Waals surface area (Å²) >= 11 is 0. The van der Waals surface area contributed by atoms with Gasteiger partial charge in [0.25, 0.3) is 0 Å². The van der Waals surface area contributed by atoms with Crippen molar-refractivity contribution < 1.29 is 14.0 Å². The Labute approximate surface area is 125 Å². The molecule has 0 fully saturated rings. The van der Waals surface area contributed by atoms with E-state index in [0.29, 0.717) is 0 Å². The van der Waals surface area contributed by atoms with E-state index in [1.165, 1.54) is 5.56 Å². The van der Waals surface area contributed by atoms with E-state index in [4.69, 9.17) is 14.0 Å². The van der Waals surface area contributed by atoms with E-state index in [1.54, 1.807) is 14.2 Å². The fraction of sp³-hybridized carbons (Fsp3) is 0.438. The van der Waals surface area contributed by atoms with Gasteiger partial charge >= 0.3 is 0 Å². The van der Waals surface area contributed by atoms with Crippen LogP contribution < -0.4 is 9.47 Å². The Bertz CT molecular complexity index is 581. The summed E-state index contributed by atoms with van der Waals surface area (Å²) in [5.74, 6) is 2.38. The van der Waals surface area contributed by atoms with Crippen LogP contribution in [0.1, 0.15) is 23.9 Å². The first-order chi connectivity index (χ1) is 10.2. The lowest BCUT2D eigenvalue weighted by Crippen LogP contribution is -2.22. The molecule has 0 N–H and O–H groups in total. The molecule has 21 heavy (non-hydrogen) atoms. The standard InChI is InChI=1S/C16H22N2O3/c1-5-18(11-14-8-12(2)17-21-14)10-13-6-7-15(19-3)16(9-13)20-4/h6-9H,5,10-11H2,1-4H3. The summed E-state index contributed by atoms with van der Waals surface area (Å²) in [6.07, 6.45) is 0. The Morgan fingerprint density at radius 3 is 2.43 bits per heavy atom. The zero-order valence-electron chi connectivity index (χ0n) is 13.0. The molecule has 114 valence electrons. The third-order valence-corrected chi connectivity index (χ3v) is 3.36. The molecule has 5 heteroatoms. The van der Waals surface area contributed by atoms with Crippen LogP contribution in [0.3, 0.4) is 0 Å². The van der Waals surface area contributed by atoms with Crippen molar-refractivity contribution in [3.05, 3.63) is 41.3 Å². The second-order valence-electron chi connectivity index (χ2n) is 4.93. The molecule has 0 saturated carbocycles. The summed E-state index contributed by atoms with van der Waals surface area (Å²) in [6.45, 7) is 6.54. The number of benzene rings is 1. The summed E-state index contributed by atoms with van der Waals surface area (Å²) in [6, 6.07) is 7.96. The lowest BCUT2D eigenvalue weighted by atomic mass is 10.2. The van der Waals surface area contributed by atoms with E-state index in [2.05, 4.69) is 23.0 Å². The Hall–Kier alpha value is -2.01. The van der Waals surface area contributed by atoms with Gasteiger partial charge in [0.2, 0.25) is 0 Å². The number of nitrogens with zero attached hydrogens (tertiary/aromatic N) is 2. The van der Waals surface area contributed by atoms with Crippen LogP contribution in [0, 0.1) is 6.92 Å². The Balaban J connectivity index is 2.07. The Kier molecular flexibility index (Phi) is 5.22. The zero-order chi connectivity index (χ0) is 15.2. The maximum absolute atomic E-state index is 5.34. The molecule has 2 aromatic rings. The molecule has 0 unspecified atom stereocenters. The smallest absolute Gasteiger partial charge is 0.161 e. The Morgan fingerprint density at radius 1 is 1.10 bits per heavy atom. The lowest BCUT2D eigenvalue weighted by Gasteiger charge is -2.19. The van der Waals surface area contributed by atoms with Crippen LogP contribution in [0.15, 0.2) is 28.8 Å². The minimum absolute atomic E-state index is 0.742. The number of rotatable bonds is 7. The first kappa shape index (κ1) is 15.4. The molecule has 5 nitrogen and oxygen atoms in total. The first-order valence-electron chi connectivity index (χ1n) is 7.01. The molecule has 0 saturated heterocycles. The molecule has 0 bridgehead atoms. The molecule has 0 spiro atoms. The third-order valence-electron chi connectivity index (χ3n) is 3.36. The van der Waals surface area contributed by atoms with Crippen molar-refractivity contribution in [2.75, 3.05) is 20.8 Å². The van der Waals surface area contributed by atoms with Crippen LogP contribution in [0.4, 0.5) is 0 Å². The maximum Gasteiger partial charge on any atom is 0.161 e. The van der Waals surface area contributed by atoms with Gasteiger partial charge in [-0.25, -0.2) is 0 Å². The van der Waals surface area contributed by atoms with Gasteiger partial charge in [-0.2, -0.15) is 0 Å². The van der Waals surface area contributed by atoms with Crippen molar-refractivity contribution in [2.45, 2.75) is 26.9 Å². The lowest BCUT2D eigenvalue weighted by molar-refractivity contribution is 0.233. The quantitative estimate of drug-likeness (QED) is 0.784. The van der Waals surface area contributed by atoms with Gasteiger partial charge in [0.05, 0.1) is 26.5 Å². The molecule has 2 rings (SSSR count). The molecule has 0 atom stereocenters. The molecule has 0 aliphatic carbocycles. The molecule has 0 aliphatic rings. The topological polar surface area (TPSA) is 47.7 Å². The van der Waals surface area contributed by atoms with Crippen molar-refractivity contribution in [2.24, 2.45) is 0 Å². The Morgan fingerprint density at radius 2 is 1.86 bits per heavy atom. The summed E-state index contributed by atoms with van der Waals surface area (Å²) in [4.78, 5) is 2.28. The summed E-state index contributed by atoms with van der Waals surface area (Å²) in [7, 11) is 3.29. The SMILES string of the molecule is CCN(Cc1ccc(OC)c(OC)c1)Cc1cc(C)no1. The van der Waals surface area contributed by atoms with Gasteiger partial charge in [-0.1, -0.05) is 18.1 Å². The van der Waals surface area contributed by atoms with E-state index < -0.39 is 0 Å². The average molecular weight is 290 g/mol. The normalized spacial score (nSPS) is 10.9. The molecule has 1 heterocycles. The zero-order valence-corrected chi connectivity index (χ0v) is 13.0. The number of methoxy groups -OCH3 is 2. The fourth-order valence-electron chi connectivity index (χ4n) is 2.23. The first-order valence-corrected chi connectivity index (χ1v) is 7.01. The van der Waals surface area contributed by atoms with Gasteiger partial charge in [0, 0.05) is 12.6 Å². The van der Waals surface area contributed by atoms with E-state index in [1.807, 2.05) is 25.1 Å². The van der Waals surface area contributed by atoms with E-state index in [0.717, 1.165) is 42.6 Å². The third kappa shape index (κ3) is 3.98. The maximum atomic E-state index is 5.34. The largest absolute Gasteiger partial charge is 0.493 e. The minimum Gasteiger partial charge on any atom is -0.493 e. The van der Waals surface area contributed by atoms with E-state index >= 15 is 0 Å². The second kappa shape index (κ2) is 7.13. The molecular weight excluding hydrogens is 268 g/mol. The second-order valence-corrected chi connectivity index (χ2v) is 4.93. The monoisotopic (exact) mass is 290 g/mol. The number of aromatic nitrogens is 1. The highest BCUT2D eigenvalue weighted by Gasteiger charge is 2.11. The fourth-order valence-corrected chi connectivity index (χ4v) is 2.23. The molecule has 1 aromatic carbocycles. The van der Waals surface area contributed by atoms with Crippen LogP contribution in [0.2, 0.25) is 0 Å². The van der Waals surface area contributed by atoms with Crippen molar-refractivity contribution in [3.8, 4) is 11.5 Å². The van der Waals surface area contributed by atoms with Crippen LogP contribution in [0.5, 0.6) is 11.5 Å². The predicted molar refractivity (Wildman–Crippen MR) is 80.6 cm³/mol. The van der Waals surface area contributed by atoms with Crippen molar-refractivity contribution >= 4 is 0 Å². The van der Waals surface area contributed by atoms with Crippen LogP contribution in [-0.2, 0) is 13.1 Å². The van der Waals surface area contributed by atoms with Crippen molar-refractivity contribution in [1.29, 1.82) is 0 Å². The van der Waals surface area contributed by atoms with Gasteiger partial charge in [-0.3, -0.25) is 4.90 Å². The minimum atomic E-state index is 0.742. The van der Waals surface area contributed by atoms with Gasteiger partial charge in [-0.15, -0.1) is 0 Å². The van der Waals surface area contributed by atoms with Gasteiger partial charge < -0.3 is 14.0 Å². The average Bonchev–Trinajstić information content (AvgIpc) is 2.91. The van der Waals surface area contributed by atoms with Gasteiger partial charge in [-0.05, 0) is 31.2 Å². The number of hydrogen-bond acceptors (Lipinski definition) is 5. The number of hydrogen-bond donors (Lipinski definition) is 0. The molecule has 0 radical (unpaired) electrons. The van der Waals surface area contributed by atoms with Crippen LogP contribution in [0.25, 0.3) is 0 Å². The van der Waals surface area contributed by atoms with Crippen LogP contribution in [-0.4, -0.2) is 30.8 Å². The molecule has 0 amide bonds. The number of ether oxygens (including phenoxy) is 2. The highest BCUT2D eigenvalue weighted by molar-refractivity contribution is 5.42. The predicted octanol–water partition coefficient (Wildman–Crippen LogP) is 3.02. The van der Waals surface area contributed by atoms with Crippen molar-refractivity contribution in [3.63, 3.8) is 0 Å². The van der Waals surface area contributed by atoms with Gasteiger partial charge in [0.1, 0.15) is 0 Å². The van der Waals surface area contributed by atoms with E-state index in [-0.39, 0.29) is 0 Å². The molecule has 1 aromatic heterocycles. The summed E-state index contributed by atoms with van der Waals surface area (Å²) < 4.78 is 15.9. The molecule has 0 aliphatic heterocycles.